The number of hydrogen-bond donors (Lipinski definition) is 0. The molecule has 114 valence electrons. The molecule has 0 aliphatic rings. The molecule has 0 fully saturated rings. The minimum absolute atomic E-state index is 0.418. The molecule has 0 aliphatic heterocycles. The van der Waals surface area contributed by atoms with Crippen LogP contribution >= 0.6 is 39.1 Å². The first-order valence-corrected chi connectivity index (χ1v) is 8.52. The molecule has 0 aliphatic carbocycles. The summed E-state index contributed by atoms with van der Waals surface area (Å²) in [5.74, 6) is 1.09. The van der Waals surface area contributed by atoms with Crippen molar-refractivity contribution in [2.24, 2.45) is 0 Å². The van der Waals surface area contributed by atoms with Crippen LogP contribution < -0.4 is 4.74 Å². The molecule has 0 radical (unpaired) electrons. The molecule has 2 rings (SSSR count). The zero-order chi connectivity index (χ0) is 15.4. The number of aryl methyl sites for hydroxylation is 2. The van der Waals surface area contributed by atoms with Crippen LogP contribution in [0.2, 0.25) is 5.02 Å². The van der Waals surface area contributed by atoms with Gasteiger partial charge < -0.3 is 4.74 Å². The van der Waals surface area contributed by atoms with Gasteiger partial charge >= 0.3 is 0 Å². The van der Waals surface area contributed by atoms with Crippen molar-refractivity contribution in [2.75, 3.05) is 0 Å². The molecule has 1 aromatic carbocycles. The van der Waals surface area contributed by atoms with Crippen LogP contribution in [0.1, 0.15) is 30.8 Å². The summed E-state index contributed by atoms with van der Waals surface area (Å²) in [5.41, 5.74) is 3.04. The third kappa shape index (κ3) is 3.74. The van der Waals surface area contributed by atoms with Crippen molar-refractivity contribution < 1.29 is 4.74 Å². The number of hydrogen-bond acceptors (Lipinski definition) is 2. The van der Waals surface area contributed by atoms with Gasteiger partial charge in [0.05, 0.1) is 20.9 Å². The SMILES string of the molecule is CCc1nn(CC)c(COc2ccc(CCl)cc2Cl)c1Br. The molecule has 0 N–H and O–H groups in total. The average Bonchev–Trinajstić information content (AvgIpc) is 2.81. The van der Waals surface area contributed by atoms with Gasteiger partial charge in [-0.05, 0) is 47.0 Å². The lowest BCUT2D eigenvalue weighted by molar-refractivity contribution is 0.292. The van der Waals surface area contributed by atoms with E-state index in [1.807, 2.05) is 22.9 Å². The molecule has 6 heteroatoms. The maximum Gasteiger partial charge on any atom is 0.138 e. The highest BCUT2D eigenvalue weighted by Gasteiger charge is 2.15. The van der Waals surface area contributed by atoms with Crippen LogP contribution in [-0.2, 0) is 25.5 Å². The van der Waals surface area contributed by atoms with E-state index in [2.05, 4.69) is 34.9 Å². The summed E-state index contributed by atoms with van der Waals surface area (Å²) in [6.45, 7) is 5.36. The van der Waals surface area contributed by atoms with Gasteiger partial charge in [-0.15, -0.1) is 11.6 Å². The zero-order valence-electron chi connectivity index (χ0n) is 12.0. The van der Waals surface area contributed by atoms with Gasteiger partial charge in [0.2, 0.25) is 0 Å². The van der Waals surface area contributed by atoms with Crippen molar-refractivity contribution in [3.05, 3.63) is 44.6 Å². The van der Waals surface area contributed by atoms with Crippen molar-refractivity contribution in [2.45, 2.75) is 39.3 Å². The van der Waals surface area contributed by atoms with E-state index in [1.165, 1.54) is 0 Å². The Labute approximate surface area is 143 Å². The van der Waals surface area contributed by atoms with Crippen molar-refractivity contribution in [3.63, 3.8) is 0 Å². The smallest absolute Gasteiger partial charge is 0.138 e. The molecular formula is C15H17BrCl2N2O. The highest BCUT2D eigenvalue weighted by Crippen LogP contribution is 2.29. The third-order valence-electron chi connectivity index (χ3n) is 3.21. The van der Waals surface area contributed by atoms with Crippen LogP contribution in [0, 0.1) is 0 Å². The van der Waals surface area contributed by atoms with Crippen LogP contribution in [0.25, 0.3) is 0 Å². The lowest BCUT2D eigenvalue weighted by Gasteiger charge is -2.10. The van der Waals surface area contributed by atoms with Gasteiger partial charge in [0.1, 0.15) is 12.4 Å². The predicted octanol–water partition coefficient (Wildman–Crippen LogP) is 5.20. The fourth-order valence-electron chi connectivity index (χ4n) is 2.05. The van der Waals surface area contributed by atoms with Gasteiger partial charge in [0.15, 0.2) is 0 Å². The quantitative estimate of drug-likeness (QED) is 0.632. The van der Waals surface area contributed by atoms with Crippen molar-refractivity contribution in [1.29, 1.82) is 0 Å². The van der Waals surface area contributed by atoms with Gasteiger partial charge in [0.25, 0.3) is 0 Å². The van der Waals surface area contributed by atoms with Crippen LogP contribution in [0.4, 0.5) is 0 Å². The van der Waals surface area contributed by atoms with Gasteiger partial charge in [0, 0.05) is 12.4 Å². The van der Waals surface area contributed by atoms with Gasteiger partial charge in [-0.25, -0.2) is 0 Å². The Balaban J connectivity index is 2.18. The summed E-state index contributed by atoms with van der Waals surface area (Å²) >= 11 is 15.6. The predicted molar refractivity (Wildman–Crippen MR) is 90.3 cm³/mol. The second-order valence-corrected chi connectivity index (χ2v) is 6.03. The van der Waals surface area contributed by atoms with E-state index in [0.717, 1.165) is 34.4 Å². The van der Waals surface area contributed by atoms with E-state index < -0.39 is 0 Å². The summed E-state index contributed by atoms with van der Waals surface area (Å²) in [4.78, 5) is 0. The topological polar surface area (TPSA) is 27.1 Å². The lowest BCUT2D eigenvalue weighted by Crippen LogP contribution is -2.07. The van der Waals surface area contributed by atoms with E-state index >= 15 is 0 Å². The van der Waals surface area contributed by atoms with Crippen LogP contribution in [0.15, 0.2) is 22.7 Å². The van der Waals surface area contributed by atoms with Crippen molar-refractivity contribution in [3.8, 4) is 5.75 Å². The highest BCUT2D eigenvalue weighted by atomic mass is 79.9. The summed E-state index contributed by atoms with van der Waals surface area (Å²) < 4.78 is 8.80. The molecule has 0 saturated carbocycles. The largest absolute Gasteiger partial charge is 0.486 e. The number of aromatic nitrogens is 2. The lowest BCUT2D eigenvalue weighted by atomic mass is 10.2. The molecule has 0 saturated heterocycles. The first-order chi connectivity index (χ1) is 10.1. The van der Waals surface area contributed by atoms with Crippen molar-refractivity contribution in [1.82, 2.24) is 9.78 Å². The number of nitrogens with zero attached hydrogens (tertiary/aromatic N) is 2. The molecule has 2 aromatic rings. The first kappa shape index (κ1) is 16.7. The average molecular weight is 392 g/mol. The Morgan fingerprint density at radius 2 is 2.10 bits per heavy atom. The molecule has 0 bridgehead atoms. The second kappa shape index (κ2) is 7.52. The number of halogens is 3. The fourth-order valence-corrected chi connectivity index (χ4v) is 3.15. The Bertz CT molecular complexity index is 628. The Hall–Kier alpha value is -0.710. The van der Waals surface area contributed by atoms with E-state index in [1.54, 1.807) is 0 Å². The number of ether oxygens (including phenoxy) is 1. The van der Waals surface area contributed by atoms with Crippen LogP contribution in [0.3, 0.4) is 0 Å². The zero-order valence-corrected chi connectivity index (χ0v) is 15.1. The highest BCUT2D eigenvalue weighted by molar-refractivity contribution is 9.10. The van der Waals surface area contributed by atoms with Gasteiger partial charge in [-0.1, -0.05) is 24.6 Å². The van der Waals surface area contributed by atoms with Gasteiger partial charge in [-0.3, -0.25) is 4.68 Å². The first-order valence-electron chi connectivity index (χ1n) is 6.81. The number of benzene rings is 1. The molecule has 0 unspecified atom stereocenters. The minimum Gasteiger partial charge on any atom is -0.486 e. The van der Waals surface area contributed by atoms with Crippen LogP contribution in [-0.4, -0.2) is 9.78 Å². The summed E-state index contributed by atoms with van der Waals surface area (Å²) in [5, 5.41) is 5.12. The van der Waals surface area contributed by atoms with Crippen LogP contribution in [0.5, 0.6) is 5.75 Å². The molecule has 21 heavy (non-hydrogen) atoms. The monoisotopic (exact) mass is 390 g/mol. The van der Waals surface area contributed by atoms with Gasteiger partial charge in [-0.2, -0.15) is 5.10 Å². The normalized spacial score (nSPS) is 10.9. The Kier molecular flexibility index (Phi) is 5.97. The van der Waals surface area contributed by atoms with Crippen molar-refractivity contribution >= 4 is 39.1 Å². The van der Waals surface area contributed by atoms with E-state index in [0.29, 0.717) is 23.3 Å². The molecule has 3 nitrogen and oxygen atoms in total. The fraction of sp³-hybridized carbons (Fsp3) is 0.400. The third-order valence-corrected chi connectivity index (χ3v) is 4.73. The Morgan fingerprint density at radius 3 is 2.67 bits per heavy atom. The standard InChI is InChI=1S/C15H17BrCl2N2O/c1-3-12-15(16)13(20(4-2)19-12)9-21-14-6-5-10(8-17)7-11(14)18/h5-7H,3-4,8-9H2,1-2H3. The maximum atomic E-state index is 6.20. The minimum atomic E-state index is 0.418. The maximum absolute atomic E-state index is 6.20. The molecule has 0 atom stereocenters. The summed E-state index contributed by atoms with van der Waals surface area (Å²) in [6.07, 6.45) is 0.881. The molecule has 0 amide bonds. The number of alkyl halides is 1. The van der Waals surface area contributed by atoms with E-state index in [9.17, 15) is 0 Å². The molecule has 1 aromatic heterocycles. The number of rotatable bonds is 6. The molecular weight excluding hydrogens is 375 g/mol. The molecule has 1 heterocycles. The van der Waals surface area contributed by atoms with E-state index in [4.69, 9.17) is 27.9 Å². The second-order valence-electron chi connectivity index (χ2n) is 4.56. The Morgan fingerprint density at radius 1 is 1.33 bits per heavy atom. The molecule has 0 spiro atoms. The van der Waals surface area contributed by atoms with E-state index in [-0.39, 0.29) is 0 Å². The summed E-state index contributed by atoms with van der Waals surface area (Å²) in [6, 6.07) is 5.59. The summed E-state index contributed by atoms with van der Waals surface area (Å²) in [7, 11) is 0.